The Balaban J connectivity index is 1.43. The van der Waals surface area contributed by atoms with Crippen molar-refractivity contribution < 1.29 is 19.4 Å². The fraction of sp³-hybridized carbons (Fsp3) is 0.464. The van der Waals surface area contributed by atoms with E-state index < -0.39 is 5.60 Å². The van der Waals surface area contributed by atoms with Crippen LogP contribution in [0.5, 0.6) is 11.5 Å². The predicted octanol–water partition coefficient (Wildman–Crippen LogP) is 5.45. The third kappa shape index (κ3) is 4.26. The number of aliphatic hydroxyl groups is 1. The molecule has 5 heteroatoms. The van der Waals surface area contributed by atoms with E-state index >= 15 is 0 Å². The third-order valence-electron chi connectivity index (χ3n) is 7.61. The summed E-state index contributed by atoms with van der Waals surface area (Å²) in [7, 11) is 0. The monoisotopic (exact) mass is 447 g/mol. The Morgan fingerprint density at radius 1 is 1.09 bits per heavy atom. The van der Waals surface area contributed by atoms with Crippen molar-refractivity contribution >= 4 is 12.0 Å². The second-order valence-electron chi connectivity index (χ2n) is 9.95. The molecule has 0 unspecified atom stereocenters. The first-order chi connectivity index (χ1) is 15.9. The summed E-state index contributed by atoms with van der Waals surface area (Å²) in [6, 6.07) is 14.1. The summed E-state index contributed by atoms with van der Waals surface area (Å²) in [6.45, 7) is 5.11. The van der Waals surface area contributed by atoms with Crippen LogP contribution in [0.1, 0.15) is 74.6 Å². The SMILES string of the molecule is CC(C)c1ccc(C=CC(=O)N2CC[C@]3(O)CCCC[C@H]3[C@@H]2c2ccc3c(c2)OCO3)cc1. The molecule has 3 aliphatic rings. The number of rotatable bonds is 4. The normalized spacial score (nSPS) is 26.6. The molecule has 1 saturated heterocycles. The molecule has 1 N–H and O–H groups in total. The van der Waals surface area contributed by atoms with E-state index in [-0.39, 0.29) is 24.7 Å². The van der Waals surface area contributed by atoms with Crippen LogP contribution in [0.2, 0.25) is 0 Å². The molecule has 1 saturated carbocycles. The molecule has 2 aliphatic heterocycles. The molecule has 2 aromatic carbocycles. The highest BCUT2D eigenvalue weighted by molar-refractivity contribution is 5.92. The van der Waals surface area contributed by atoms with Gasteiger partial charge < -0.3 is 19.5 Å². The van der Waals surface area contributed by atoms with E-state index in [2.05, 4.69) is 38.1 Å². The van der Waals surface area contributed by atoms with Crippen LogP contribution in [0.15, 0.2) is 48.5 Å². The molecular formula is C28H33NO4. The lowest BCUT2D eigenvalue weighted by molar-refractivity contribution is -0.150. The average Bonchev–Trinajstić information content (AvgIpc) is 3.29. The molecule has 0 aromatic heterocycles. The zero-order valence-corrected chi connectivity index (χ0v) is 19.5. The largest absolute Gasteiger partial charge is 0.454 e. The number of benzene rings is 2. The molecule has 5 nitrogen and oxygen atoms in total. The first kappa shape index (κ1) is 22.0. The van der Waals surface area contributed by atoms with Crippen LogP contribution in [0.3, 0.4) is 0 Å². The summed E-state index contributed by atoms with van der Waals surface area (Å²) in [6.07, 6.45) is 8.04. The molecule has 1 aliphatic carbocycles. The minimum Gasteiger partial charge on any atom is -0.454 e. The molecule has 3 atom stereocenters. The molecule has 33 heavy (non-hydrogen) atoms. The molecule has 0 bridgehead atoms. The van der Waals surface area contributed by atoms with Gasteiger partial charge in [0, 0.05) is 18.5 Å². The van der Waals surface area contributed by atoms with Crippen LogP contribution in [0, 0.1) is 5.92 Å². The van der Waals surface area contributed by atoms with Crippen molar-refractivity contribution in [3.8, 4) is 11.5 Å². The number of amides is 1. The van der Waals surface area contributed by atoms with Crippen molar-refractivity contribution in [2.75, 3.05) is 13.3 Å². The van der Waals surface area contributed by atoms with Crippen molar-refractivity contribution in [1.82, 2.24) is 4.90 Å². The molecule has 2 heterocycles. The Bertz CT molecular complexity index is 1040. The first-order valence-corrected chi connectivity index (χ1v) is 12.2. The van der Waals surface area contributed by atoms with E-state index in [9.17, 15) is 9.90 Å². The van der Waals surface area contributed by atoms with E-state index in [1.54, 1.807) is 6.08 Å². The standard InChI is InChI=1S/C28H33NO4/c1-19(2)21-9-6-20(7-10-21)8-13-26(30)29-16-15-28(31)14-4-3-5-23(28)27(29)22-11-12-24-25(17-22)33-18-32-24/h6-13,17,19,23,27,31H,3-5,14-16,18H2,1-2H3/t23-,27-,28+/m0/s1. The van der Waals surface area contributed by atoms with E-state index in [0.29, 0.717) is 24.6 Å². The highest BCUT2D eigenvalue weighted by atomic mass is 16.7. The second kappa shape index (κ2) is 8.86. The molecule has 2 fully saturated rings. The topological polar surface area (TPSA) is 59.0 Å². The van der Waals surface area contributed by atoms with Crippen LogP contribution in [-0.4, -0.2) is 34.9 Å². The summed E-state index contributed by atoms with van der Waals surface area (Å²) in [5.74, 6) is 1.93. The van der Waals surface area contributed by atoms with Crippen molar-refractivity contribution in [3.05, 3.63) is 65.2 Å². The molecule has 1 amide bonds. The molecule has 0 spiro atoms. The summed E-state index contributed by atoms with van der Waals surface area (Å²) in [5, 5.41) is 11.5. The summed E-state index contributed by atoms with van der Waals surface area (Å²) < 4.78 is 11.1. The lowest BCUT2D eigenvalue weighted by Crippen LogP contribution is -2.56. The van der Waals surface area contributed by atoms with Crippen LogP contribution >= 0.6 is 0 Å². The smallest absolute Gasteiger partial charge is 0.247 e. The Labute approximate surface area is 196 Å². The summed E-state index contributed by atoms with van der Waals surface area (Å²) >= 11 is 0. The van der Waals surface area contributed by atoms with E-state index in [0.717, 1.165) is 42.6 Å². The molecule has 2 aromatic rings. The Kier molecular flexibility index (Phi) is 5.92. The number of ether oxygens (including phenoxy) is 2. The van der Waals surface area contributed by atoms with Gasteiger partial charge >= 0.3 is 0 Å². The summed E-state index contributed by atoms with van der Waals surface area (Å²) in [4.78, 5) is 15.4. The van der Waals surface area contributed by atoms with Crippen LogP contribution in [0.4, 0.5) is 0 Å². The number of carbonyl (C=O) groups excluding carboxylic acids is 1. The van der Waals surface area contributed by atoms with E-state index in [4.69, 9.17) is 9.47 Å². The van der Waals surface area contributed by atoms with E-state index in [1.165, 1.54) is 5.56 Å². The number of hydrogen-bond acceptors (Lipinski definition) is 4. The molecule has 174 valence electrons. The molecular weight excluding hydrogens is 414 g/mol. The summed E-state index contributed by atoms with van der Waals surface area (Å²) in [5.41, 5.74) is 2.59. The van der Waals surface area contributed by atoms with Gasteiger partial charge in [-0.25, -0.2) is 0 Å². The zero-order valence-electron chi connectivity index (χ0n) is 19.5. The van der Waals surface area contributed by atoms with Gasteiger partial charge in [0.2, 0.25) is 12.7 Å². The average molecular weight is 448 g/mol. The fourth-order valence-electron chi connectivity index (χ4n) is 5.69. The number of nitrogens with zero attached hydrogens (tertiary/aromatic N) is 1. The van der Waals surface area contributed by atoms with Gasteiger partial charge in [0.25, 0.3) is 0 Å². The number of piperidine rings is 1. The number of hydrogen-bond donors (Lipinski definition) is 1. The highest BCUT2D eigenvalue weighted by Crippen LogP contribution is 2.50. The zero-order chi connectivity index (χ0) is 23.0. The van der Waals surface area contributed by atoms with Crippen molar-refractivity contribution in [2.45, 2.75) is 63.5 Å². The number of likely N-dealkylation sites (tertiary alicyclic amines) is 1. The first-order valence-electron chi connectivity index (χ1n) is 12.2. The van der Waals surface area contributed by atoms with Gasteiger partial charge in [0.05, 0.1) is 11.6 Å². The van der Waals surface area contributed by atoms with Gasteiger partial charge in [-0.15, -0.1) is 0 Å². The fourth-order valence-corrected chi connectivity index (χ4v) is 5.69. The minimum atomic E-state index is -0.716. The van der Waals surface area contributed by atoms with Crippen LogP contribution in [0.25, 0.3) is 6.08 Å². The Morgan fingerprint density at radius 3 is 2.67 bits per heavy atom. The lowest BCUT2D eigenvalue weighted by Gasteiger charge is -2.52. The van der Waals surface area contributed by atoms with Crippen LogP contribution < -0.4 is 9.47 Å². The second-order valence-corrected chi connectivity index (χ2v) is 9.95. The Morgan fingerprint density at radius 2 is 1.88 bits per heavy atom. The Hall–Kier alpha value is -2.79. The van der Waals surface area contributed by atoms with Crippen molar-refractivity contribution in [2.24, 2.45) is 5.92 Å². The van der Waals surface area contributed by atoms with Crippen molar-refractivity contribution in [3.63, 3.8) is 0 Å². The molecule has 5 rings (SSSR count). The third-order valence-corrected chi connectivity index (χ3v) is 7.61. The van der Waals surface area contributed by atoms with E-state index in [1.807, 2.05) is 29.2 Å². The molecule has 0 radical (unpaired) electrons. The number of fused-ring (bicyclic) bond motifs is 2. The van der Waals surface area contributed by atoms with Gasteiger partial charge in [-0.3, -0.25) is 4.79 Å². The van der Waals surface area contributed by atoms with Gasteiger partial charge in [0.1, 0.15) is 0 Å². The van der Waals surface area contributed by atoms with Crippen LogP contribution in [-0.2, 0) is 4.79 Å². The maximum absolute atomic E-state index is 13.4. The van der Waals surface area contributed by atoms with Crippen molar-refractivity contribution in [1.29, 1.82) is 0 Å². The maximum atomic E-state index is 13.4. The van der Waals surface area contributed by atoms with Gasteiger partial charge in [-0.1, -0.05) is 57.0 Å². The minimum absolute atomic E-state index is 0.0155. The van der Waals surface area contributed by atoms with Gasteiger partial charge in [0.15, 0.2) is 11.5 Å². The predicted molar refractivity (Wildman–Crippen MR) is 128 cm³/mol. The van der Waals surface area contributed by atoms with Gasteiger partial charge in [-0.2, -0.15) is 0 Å². The lowest BCUT2D eigenvalue weighted by atomic mass is 9.66. The van der Waals surface area contributed by atoms with Gasteiger partial charge in [-0.05, 0) is 60.1 Å². The number of carbonyl (C=O) groups is 1. The maximum Gasteiger partial charge on any atom is 0.247 e. The quantitative estimate of drug-likeness (QED) is 0.634. The highest BCUT2D eigenvalue weighted by Gasteiger charge is 2.50.